The maximum absolute atomic E-state index is 11.3. The minimum Gasteiger partial charge on any atom is -0.349 e. The fraction of sp³-hybridized carbons (Fsp3) is 0.545. The Morgan fingerprint density at radius 2 is 2.36 bits per heavy atom. The predicted octanol–water partition coefficient (Wildman–Crippen LogP) is 0.987. The summed E-state index contributed by atoms with van der Waals surface area (Å²) in [5.41, 5.74) is 0. The minimum atomic E-state index is -0.00296. The van der Waals surface area contributed by atoms with Crippen LogP contribution in [-0.2, 0) is 4.79 Å². The van der Waals surface area contributed by atoms with E-state index < -0.39 is 0 Å². The zero-order chi connectivity index (χ0) is 10.2. The second-order valence-corrected chi connectivity index (χ2v) is 3.44. The largest absolute Gasteiger partial charge is 0.349 e. The number of nitrogens with one attached hydrogen (secondary N) is 2. The highest BCUT2D eigenvalue weighted by Crippen LogP contribution is 2.00. The highest BCUT2D eigenvalue weighted by atomic mass is 16.1. The number of carbonyl (C=O) groups is 1. The molecule has 1 atom stereocenters. The van der Waals surface area contributed by atoms with Gasteiger partial charge in [-0.1, -0.05) is 18.2 Å². The zero-order valence-electron chi connectivity index (χ0n) is 8.62. The maximum atomic E-state index is 11.3. The first-order valence-corrected chi connectivity index (χ1v) is 5.13. The summed E-state index contributed by atoms with van der Waals surface area (Å²) < 4.78 is 0. The average molecular weight is 194 g/mol. The van der Waals surface area contributed by atoms with Crippen LogP contribution in [0.15, 0.2) is 24.3 Å². The monoisotopic (exact) mass is 194 g/mol. The molecule has 0 saturated carbocycles. The molecule has 1 rings (SSSR count). The van der Waals surface area contributed by atoms with E-state index in [9.17, 15) is 4.79 Å². The van der Waals surface area contributed by atoms with Gasteiger partial charge in [0.1, 0.15) is 0 Å². The molecule has 0 aromatic carbocycles. The Labute approximate surface area is 85.3 Å². The van der Waals surface area contributed by atoms with Crippen molar-refractivity contribution < 1.29 is 4.79 Å². The van der Waals surface area contributed by atoms with Crippen molar-refractivity contribution in [3.8, 4) is 0 Å². The van der Waals surface area contributed by atoms with Crippen LogP contribution in [0.1, 0.15) is 19.8 Å². The van der Waals surface area contributed by atoms with Gasteiger partial charge in [-0.05, 0) is 26.3 Å². The van der Waals surface area contributed by atoms with Crippen molar-refractivity contribution in [1.82, 2.24) is 10.6 Å². The van der Waals surface area contributed by atoms with E-state index in [2.05, 4.69) is 10.6 Å². The van der Waals surface area contributed by atoms with Crippen LogP contribution < -0.4 is 10.6 Å². The summed E-state index contributed by atoms with van der Waals surface area (Å²) in [5, 5.41) is 6.21. The molecule has 1 aliphatic rings. The normalized spacial score (nSPS) is 23.1. The Kier molecular flexibility index (Phi) is 5.00. The molecule has 0 bridgehead atoms. The van der Waals surface area contributed by atoms with Gasteiger partial charge in [-0.2, -0.15) is 0 Å². The van der Waals surface area contributed by atoms with Gasteiger partial charge in [-0.3, -0.25) is 4.79 Å². The van der Waals surface area contributed by atoms with Gasteiger partial charge in [0, 0.05) is 18.7 Å². The van der Waals surface area contributed by atoms with E-state index in [1.165, 1.54) is 0 Å². The van der Waals surface area contributed by atoms with E-state index in [1.54, 1.807) is 12.2 Å². The van der Waals surface area contributed by atoms with E-state index in [1.807, 2.05) is 19.1 Å². The Morgan fingerprint density at radius 1 is 1.50 bits per heavy atom. The van der Waals surface area contributed by atoms with Crippen molar-refractivity contribution in [3.63, 3.8) is 0 Å². The first kappa shape index (κ1) is 11.0. The minimum absolute atomic E-state index is 0.00296. The SMILES string of the molecule is C/C=C/C=C/C(=O)N[C@H]1CCCNC1. The van der Waals surface area contributed by atoms with Crippen molar-refractivity contribution in [2.24, 2.45) is 0 Å². The van der Waals surface area contributed by atoms with E-state index >= 15 is 0 Å². The summed E-state index contributed by atoms with van der Waals surface area (Å²) in [7, 11) is 0. The van der Waals surface area contributed by atoms with E-state index in [0.717, 1.165) is 25.9 Å². The fourth-order valence-corrected chi connectivity index (χ4v) is 1.48. The van der Waals surface area contributed by atoms with E-state index in [0.29, 0.717) is 6.04 Å². The molecule has 0 spiro atoms. The van der Waals surface area contributed by atoms with Gasteiger partial charge in [-0.25, -0.2) is 0 Å². The lowest BCUT2D eigenvalue weighted by Crippen LogP contribution is -2.45. The zero-order valence-corrected chi connectivity index (χ0v) is 8.62. The van der Waals surface area contributed by atoms with Gasteiger partial charge in [0.25, 0.3) is 0 Å². The van der Waals surface area contributed by atoms with Gasteiger partial charge in [0.2, 0.25) is 5.91 Å². The lowest BCUT2D eigenvalue weighted by Gasteiger charge is -2.23. The Morgan fingerprint density at radius 3 is 3.00 bits per heavy atom. The third-order valence-corrected chi connectivity index (χ3v) is 2.19. The van der Waals surface area contributed by atoms with Gasteiger partial charge in [-0.15, -0.1) is 0 Å². The molecular formula is C11H18N2O. The molecule has 1 aliphatic heterocycles. The fourth-order valence-electron chi connectivity index (χ4n) is 1.48. The molecule has 78 valence electrons. The van der Waals surface area contributed by atoms with Crippen LogP contribution >= 0.6 is 0 Å². The van der Waals surface area contributed by atoms with Crippen LogP contribution in [-0.4, -0.2) is 25.0 Å². The smallest absolute Gasteiger partial charge is 0.244 e. The number of carbonyl (C=O) groups excluding carboxylic acids is 1. The van der Waals surface area contributed by atoms with Crippen LogP contribution in [0.5, 0.6) is 0 Å². The molecule has 1 saturated heterocycles. The molecule has 14 heavy (non-hydrogen) atoms. The third kappa shape index (κ3) is 4.23. The number of rotatable bonds is 3. The quantitative estimate of drug-likeness (QED) is 0.519. The van der Waals surface area contributed by atoms with Crippen LogP contribution in [0, 0.1) is 0 Å². The summed E-state index contributed by atoms with van der Waals surface area (Å²) in [6.45, 7) is 3.89. The number of amides is 1. The second-order valence-electron chi connectivity index (χ2n) is 3.44. The molecule has 3 heteroatoms. The topological polar surface area (TPSA) is 41.1 Å². The summed E-state index contributed by atoms with van der Waals surface area (Å²) in [5.74, 6) is -0.00296. The third-order valence-electron chi connectivity index (χ3n) is 2.19. The molecular weight excluding hydrogens is 176 g/mol. The lowest BCUT2D eigenvalue weighted by molar-refractivity contribution is -0.117. The number of hydrogen-bond donors (Lipinski definition) is 2. The van der Waals surface area contributed by atoms with Crippen molar-refractivity contribution >= 4 is 5.91 Å². The van der Waals surface area contributed by atoms with Crippen molar-refractivity contribution in [2.45, 2.75) is 25.8 Å². The highest BCUT2D eigenvalue weighted by molar-refractivity contribution is 5.87. The summed E-state index contributed by atoms with van der Waals surface area (Å²) >= 11 is 0. The molecule has 0 aliphatic carbocycles. The predicted molar refractivity (Wildman–Crippen MR) is 58.0 cm³/mol. The van der Waals surface area contributed by atoms with Crippen molar-refractivity contribution in [1.29, 1.82) is 0 Å². The van der Waals surface area contributed by atoms with Gasteiger partial charge in [0.15, 0.2) is 0 Å². The van der Waals surface area contributed by atoms with Crippen molar-refractivity contribution in [3.05, 3.63) is 24.3 Å². The lowest BCUT2D eigenvalue weighted by atomic mass is 10.1. The Bertz CT molecular complexity index is 227. The molecule has 0 unspecified atom stereocenters. The molecule has 0 aromatic heterocycles. The van der Waals surface area contributed by atoms with Crippen LogP contribution in [0.25, 0.3) is 0 Å². The summed E-state index contributed by atoms with van der Waals surface area (Å²) in [6.07, 6.45) is 9.28. The van der Waals surface area contributed by atoms with Crippen LogP contribution in [0.2, 0.25) is 0 Å². The highest BCUT2D eigenvalue weighted by Gasteiger charge is 2.13. The summed E-state index contributed by atoms with van der Waals surface area (Å²) in [6, 6.07) is 0.298. The van der Waals surface area contributed by atoms with Gasteiger partial charge in [0.05, 0.1) is 0 Å². The molecule has 0 aromatic rings. The maximum Gasteiger partial charge on any atom is 0.244 e. The van der Waals surface area contributed by atoms with Crippen LogP contribution in [0.3, 0.4) is 0 Å². The molecule has 1 amide bonds. The van der Waals surface area contributed by atoms with Gasteiger partial charge < -0.3 is 10.6 Å². The van der Waals surface area contributed by atoms with Crippen molar-refractivity contribution in [2.75, 3.05) is 13.1 Å². The summed E-state index contributed by atoms with van der Waals surface area (Å²) in [4.78, 5) is 11.3. The number of allylic oxidation sites excluding steroid dienone is 3. The second kappa shape index (κ2) is 6.38. The number of hydrogen-bond acceptors (Lipinski definition) is 2. The Balaban J connectivity index is 2.25. The molecule has 3 nitrogen and oxygen atoms in total. The molecule has 1 fully saturated rings. The Hall–Kier alpha value is -1.09. The molecule has 2 N–H and O–H groups in total. The van der Waals surface area contributed by atoms with Crippen LogP contribution in [0.4, 0.5) is 0 Å². The molecule has 1 heterocycles. The van der Waals surface area contributed by atoms with E-state index in [-0.39, 0.29) is 5.91 Å². The average Bonchev–Trinajstić information content (AvgIpc) is 2.20. The molecule has 0 radical (unpaired) electrons. The first-order chi connectivity index (χ1) is 6.83. The standard InChI is InChI=1S/C11H18N2O/c1-2-3-4-7-11(14)13-10-6-5-8-12-9-10/h2-4,7,10,12H,5-6,8-9H2,1H3,(H,13,14)/b3-2+,7-4+/t10-/m0/s1. The number of piperidine rings is 1. The van der Waals surface area contributed by atoms with Gasteiger partial charge >= 0.3 is 0 Å². The first-order valence-electron chi connectivity index (χ1n) is 5.13. The van der Waals surface area contributed by atoms with E-state index in [4.69, 9.17) is 0 Å².